The topological polar surface area (TPSA) is 98.1 Å². The van der Waals surface area contributed by atoms with Crippen molar-refractivity contribution in [3.8, 4) is 5.75 Å². The van der Waals surface area contributed by atoms with Gasteiger partial charge in [0.05, 0.1) is 30.4 Å². The zero-order valence-corrected chi connectivity index (χ0v) is 18.5. The van der Waals surface area contributed by atoms with Crippen LogP contribution in [-0.2, 0) is 6.30 Å². The second-order valence-corrected chi connectivity index (χ2v) is 7.96. The minimum absolute atomic E-state index is 0.0382. The van der Waals surface area contributed by atoms with Gasteiger partial charge in [-0.25, -0.2) is 15.0 Å². The normalized spacial score (nSPS) is 16.0. The number of nitrogens with one attached hydrogen (secondary N) is 1. The SMILES string of the molecule is COc1cc2ncnc(N3CCC[C@@H]3c3ccccc3)c2nc1NC(=O)c1cnn(C(F)(F)F)c1. The van der Waals surface area contributed by atoms with Gasteiger partial charge in [0, 0.05) is 18.8 Å². The molecule has 5 rings (SSSR count). The summed E-state index contributed by atoms with van der Waals surface area (Å²) in [6.45, 7) is 0.762. The number of carbonyl (C=O) groups is 1. The van der Waals surface area contributed by atoms with Crippen LogP contribution in [0.4, 0.5) is 24.8 Å². The molecule has 4 aromatic rings. The average Bonchev–Trinajstić information content (AvgIpc) is 3.54. The fourth-order valence-corrected chi connectivity index (χ4v) is 4.21. The number of halogens is 3. The van der Waals surface area contributed by atoms with Crippen molar-refractivity contribution < 1.29 is 22.7 Å². The maximum atomic E-state index is 12.8. The molecule has 12 heteroatoms. The number of benzene rings is 1. The second kappa shape index (κ2) is 8.85. The van der Waals surface area contributed by atoms with E-state index in [0.717, 1.165) is 31.1 Å². The second-order valence-electron chi connectivity index (χ2n) is 7.96. The highest BCUT2D eigenvalue weighted by Crippen LogP contribution is 2.38. The Balaban J connectivity index is 1.52. The molecule has 180 valence electrons. The van der Waals surface area contributed by atoms with Crippen LogP contribution >= 0.6 is 0 Å². The summed E-state index contributed by atoms with van der Waals surface area (Å²) in [5.41, 5.74) is 1.82. The third-order valence-electron chi connectivity index (χ3n) is 5.82. The van der Waals surface area contributed by atoms with Crippen molar-refractivity contribution >= 4 is 28.6 Å². The van der Waals surface area contributed by atoms with E-state index in [0.29, 0.717) is 23.0 Å². The molecule has 0 bridgehead atoms. The Hall–Kier alpha value is -4.22. The van der Waals surface area contributed by atoms with Crippen LogP contribution in [0.15, 0.2) is 55.1 Å². The molecule has 9 nitrogen and oxygen atoms in total. The number of fused-ring (bicyclic) bond motifs is 1. The van der Waals surface area contributed by atoms with Crippen molar-refractivity contribution in [3.05, 3.63) is 66.2 Å². The highest BCUT2D eigenvalue weighted by atomic mass is 19.4. The van der Waals surface area contributed by atoms with Gasteiger partial charge >= 0.3 is 6.30 Å². The smallest absolute Gasteiger partial charge is 0.493 e. The Labute approximate surface area is 197 Å². The molecular weight excluding hydrogens is 463 g/mol. The Kier molecular flexibility index (Phi) is 5.71. The monoisotopic (exact) mass is 483 g/mol. The lowest BCUT2D eigenvalue weighted by Gasteiger charge is -2.26. The molecule has 0 radical (unpaired) electrons. The van der Waals surface area contributed by atoms with E-state index in [-0.39, 0.29) is 27.9 Å². The first-order valence-electron chi connectivity index (χ1n) is 10.8. The number of ether oxygens (including phenoxy) is 1. The third-order valence-corrected chi connectivity index (χ3v) is 5.82. The summed E-state index contributed by atoms with van der Waals surface area (Å²) in [6, 6.07) is 11.8. The van der Waals surface area contributed by atoms with Gasteiger partial charge in [-0.3, -0.25) is 4.79 Å². The van der Waals surface area contributed by atoms with Crippen LogP contribution in [0.2, 0.25) is 0 Å². The molecule has 0 saturated carbocycles. The van der Waals surface area contributed by atoms with Gasteiger partial charge < -0.3 is 15.0 Å². The fourth-order valence-electron chi connectivity index (χ4n) is 4.21. The average molecular weight is 483 g/mol. The minimum atomic E-state index is -4.73. The quantitative estimate of drug-likeness (QED) is 0.452. The van der Waals surface area contributed by atoms with Crippen molar-refractivity contribution in [3.63, 3.8) is 0 Å². The Morgan fingerprint density at radius 1 is 1.20 bits per heavy atom. The number of carbonyl (C=O) groups excluding carboxylic acids is 1. The molecule has 0 unspecified atom stereocenters. The Morgan fingerprint density at radius 2 is 2.00 bits per heavy atom. The highest BCUT2D eigenvalue weighted by Gasteiger charge is 2.33. The van der Waals surface area contributed by atoms with E-state index >= 15 is 0 Å². The number of hydrogen-bond acceptors (Lipinski definition) is 7. The highest BCUT2D eigenvalue weighted by molar-refractivity contribution is 6.05. The maximum absolute atomic E-state index is 12.8. The predicted molar refractivity (Wildman–Crippen MR) is 121 cm³/mol. The van der Waals surface area contributed by atoms with Crippen molar-refractivity contribution in [2.75, 3.05) is 23.9 Å². The van der Waals surface area contributed by atoms with Gasteiger partial charge in [-0.1, -0.05) is 30.3 Å². The number of pyridine rings is 1. The molecular formula is C23H20F3N7O2. The molecule has 1 aliphatic rings. The van der Waals surface area contributed by atoms with Crippen molar-refractivity contribution in [2.24, 2.45) is 0 Å². The standard InChI is InChI=1S/C23H20F3N7O2/c1-35-18-10-16-19(30-20(18)31-22(34)15-11-29-33(12-15)23(24,25)26)21(28-13-27-16)32-9-5-8-17(32)14-6-3-2-4-7-14/h2-4,6-7,10-13,17H,5,8-9H2,1H3,(H,30,31,34)/t17-/m1/s1. The van der Waals surface area contributed by atoms with Crippen molar-refractivity contribution in [1.82, 2.24) is 24.7 Å². The summed E-state index contributed by atoms with van der Waals surface area (Å²) in [6.07, 6.45) is 0.0652. The van der Waals surface area contributed by atoms with Crippen molar-refractivity contribution in [1.29, 1.82) is 0 Å². The summed E-state index contributed by atoms with van der Waals surface area (Å²) in [7, 11) is 1.40. The van der Waals surface area contributed by atoms with Crippen LogP contribution in [0.5, 0.6) is 5.75 Å². The fraction of sp³-hybridized carbons (Fsp3) is 0.261. The van der Waals surface area contributed by atoms with Gasteiger partial charge in [-0.15, -0.1) is 13.2 Å². The van der Waals surface area contributed by atoms with Crippen LogP contribution in [0.25, 0.3) is 11.0 Å². The maximum Gasteiger partial charge on any atom is 0.504 e. The van der Waals surface area contributed by atoms with E-state index in [2.05, 4.69) is 42.4 Å². The molecule has 1 fully saturated rings. The number of alkyl halides is 3. The molecule has 3 aromatic heterocycles. The number of amides is 1. The van der Waals surface area contributed by atoms with Gasteiger partial charge in [0.25, 0.3) is 5.91 Å². The van der Waals surface area contributed by atoms with Gasteiger partial charge in [0.2, 0.25) is 0 Å². The molecule has 1 aromatic carbocycles. The zero-order chi connectivity index (χ0) is 24.6. The molecule has 35 heavy (non-hydrogen) atoms. The summed E-state index contributed by atoms with van der Waals surface area (Å²) in [4.78, 5) is 28.2. The summed E-state index contributed by atoms with van der Waals surface area (Å²) >= 11 is 0. The van der Waals surface area contributed by atoms with Crippen LogP contribution in [0.3, 0.4) is 0 Å². The van der Waals surface area contributed by atoms with Gasteiger partial charge in [0.15, 0.2) is 17.4 Å². The molecule has 1 atom stereocenters. The first-order chi connectivity index (χ1) is 16.8. The first-order valence-corrected chi connectivity index (χ1v) is 10.8. The molecule has 1 aliphatic heterocycles. The Bertz CT molecular complexity index is 1370. The largest absolute Gasteiger partial charge is 0.504 e. The third kappa shape index (κ3) is 4.34. The molecule has 0 spiro atoms. The number of methoxy groups -OCH3 is 1. The van der Waals surface area contributed by atoms with Gasteiger partial charge in [-0.2, -0.15) is 9.78 Å². The first kappa shape index (κ1) is 22.6. The van der Waals surface area contributed by atoms with E-state index in [4.69, 9.17) is 4.74 Å². The zero-order valence-electron chi connectivity index (χ0n) is 18.5. The van der Waals surface area contributed by atoms with Crippen molar-refractivity contribution in [2.45, 2.75) is 25.2 Å². The van der Waals surface area contributed by atoms with Gasteiger partial charge in [-0.05, 0) is 18.4 Å². The van der Waals surface area contributed by atoms with E-state index in [1.165, 1.54) is 13.4 Å². The lowest BCUT2D eigenvalue weighted by Crippen LogP contribution is -2.24. The van der Waals surface area contributed by atoms with E-state index < -0.39 is 12.2 Å². The lowest BCUT2D eigenvalue weighted by molar-refractivity contribution is -0.212. The van der Waals surface area contributed by atoms with Crippen LogP contribution in [0, 0.1) is 0 Å². The van der Waals surface area contributed by atoms with E-state index in [9.17, 15) is 18.0 Å². The summed E-state index contributed by atoms with van der Waals surface area (Å²) < 4.78 is 43.7. The molecule has 4 heterocycles. The molecule has 1 saturated heterocycles. The van der Waals surface area contributed by atoms with E-state index in [1.54, 1.807) is 6.07 Å². The number of nitrogens with zero attached hydrogens (tertiary/aromatic N) is 6. The molecule has 1 amide bonds. The summed E-state index contributed by atoms with van der Waals surface area (Å²) in [5.74, 6) is 0.0350. The number of rotatable bonds is 5. The van der Waals surface area contributed by atoms with Crippen LogP contribution < -0.4 is 15.0 Å². The predicted octanol–water partition coefficient (Wildman–Crippen LogP) is 4.30. The lowest BCUT2D eigenvalue weighted by atomic mass is 10.0. The number of anilines is 2. The van der Waals surface area contributed by atoms with E-state index in [1.807, 2.05) is 18.2 Å². The van der Waals surface area contributed by atoms with Crippen LogP contribution in [0.1, 0.15) is 34.8 Å². The molecule has 1 N–H and O–H groups in total. The Morgan fingerprint density at radius 3 is 2.71 bits per heavy atom. The molecule has 0 aliphatic carbocycles. The number of aromatic nitrogens is 5. The number of hydrogen-bond donors (Lipinski definition) is 1. The van der Waals surface area contributed by atoms with Crippen LogP contribution in [-0.4, -0.2) is 44.3 Å². The van der Waals surface area contributed by atoms with Gasteiger partial charge in [0.1, 0.15) is 11.8 Å². The minimum Gasteiger partial charge on any atom is -0.493 e. The summed E-state index contributed by atoms with van der Waals surface area (Å²) in [5, 5.41) is 5.72.